The zero-order chi connectivity index (χ0) is 21.4. The average molecular weight is 428 g/mol. The molecule has 3 rings (SSSR count). The molecule has 0 bridgehead atoms. The number of anilines is 1. The number of sulfonamides is 1. The molecule has 1 heterocycles. The number of halogens is 4. The lowest BCUT2D eigenvalue weighted by atomic mass is 9.87. The minimum absolute atomic E-state index is 0.348. The summed E-state index contributed by atoms with van der Waals surface area (Å²) in [6.45, 7) is 1.93. The molecule has 0 spiro atoms. The Labute approximate surface area is 166 Å². The minimum Gasteiger partial charge on any atom is -0.359 e. The van der Waals surface area contributed by atoms with Crippen molar-refractivity contribution < 1.29 is 26.0 Å². The van der Waals surface area contributed by atoms with Crippen LogP contribution in [-0.2, 0) is 16.2 Å². The van der Waals surface area contributed by atoms with Gasteiger partial charge in [-0.2, -0.15) is 13.2 Å². The molecule has 0 saturated heterocycles. The van der Waals surface area contributed by atoms with Gasteiger partial charge in [0, 0.05) is 17.5 Å². The van der Waals surface area contributed by atoms with Gasteiger partial charge in [0.15, 0.2) is 0 Å². The molecule has 2 N–H and O–H groups in total. The van der Waals surface area contributed by atoms with Crippen LogP contribution in [0.3, 0.4) is 0 Å². The van der Waals surface area contributed by atoms with Crippen LogP contribution in [0.5, 0.6) is 0 Å². The quantitative estimate of drug-likeness (QED) is 0.500. The molecule has 1 aromatic heterocycles. The summed E-state index contributed by atoms with van der Waals surface area (Å²) >= 11 is 0. The largest absolute Gasteiger partial charge is 0.419 e. The number of hydrogen-bond acceptors (Lipinski definition) is 2. The van der Waals surface area contributed by atoms with Gasteiger partial charge < -0.3 is 4.98 Å². The molecule has 0 aliphatic heterocycles. The van der Waals surface area contributed by atoms with E-state index in [2.05, 4.69) is 9.71 Å². The maximum Gasteiger partial charge on any atom is 0.419 e. The van der Waals surface area contributed by atoms with Crippen LogP contribution in [0.1, 0.15) is 42.4 Å². The van der Waals surface area contributed by atoms with Gasteiger partial charge in [0.2, 0.25) is 10.0 Å². The van der Waals surface area contributed by atoms with Crippen molar-refractivity contribution in [1.29, 1.82) is 0 Å². The first-order chi connectivity index (χ1) is 13.5. The molecule has 1 unspecified atom stereocenters. The van der Waals surface area contributed by atoms with E-state index in [1.807, 2.05) is 6.92 Å². The standard InChI is InChI=1S/C20H20F4N2O2S/c1-3-5-13(12-8-9-16(17(21)10-12)20(22,23)24)15-11-25-19-14(15)6-4-7-18(19)26-29(2,27)28/h4,6-11,13,25-26H,3,5H2,1-2H3. The Morgan fingerprint density at radius 2 is 1.90 bits per heavy atom. The lowest BCUT2D eigenvalue weighted by molar-refractivity contribution is -0.140. The highest BCUT2D eigenvalue weighted by molar-refractivity contribution is 7.92. The molecular formula is C20H20F4N2O2S. The third kappa shape index (κ3) is 4.55. The van der Waals surface area contributed by atoms with E-state index in [0.717, 1.165) is 35.8 Å². The molecule has 1 atom stereocenters. The van der Waals surface area contributed by atoms with E-state index >= 15 is 0 Å². The van der Waals surface area contributed by atoms with Crippen LogP contribution in [0.15, 0.2) is 42.6 Å². The Morgan fingerprint density at radius 3 is 2.48 bits per heavy atom. The van der Waals surface area contributed by atoms with Crippen LogP contribution in [0, 0.1) is 5.82 Å². The number of aromatic amines is 1. The number of para-hydroxylation sites is 1. The number of H-pyrrole nitrogens is 1. The third-order valence-corrected chi connectivity index (χ3v) is 5.29. The summed E-state index contributed by atoms with van der Waals surface area (Å²) in [5.74, 6) is -1.66. The Morgan fingerprint density at radius 1 is 1.17 bits per heavy atom. The molecule has 0 fully saturated rings. The molecule has 0 aliphatic carbocycles. The highest BCUT2D eigenvalue weighted by atomic mass is 32.2. The summed E-state index contributed by atoms with van der Waals surface area (Å²) in [7, 11) is -3.49. The molecular weight excluding hydrogens is 408 g/mol. The molecule has 29 heavy (non-hydrogen) atoms. The van der Waals surface area contributed by atoms with Crippen molar-refractivity contribution in [2.24, 2.45) is 0 Å². The van der Waals surface area contributed by atoms with Crippen LogP contribution in [0.4, 0.5) is 23.2 Å². The third-order valence-electron chi connectivity index (χ3n) is 4.70. The Kier molecular flexibility index (Phi) is 5.62. The number of hydrogen-bond donors (Lipinski definition) is 2. The van der Waals surface area contributed by atoms with Crippen molar-refractivity contribution >= 4 is 26.6 Å². The monoisotopic (exact) mass is 428 g/mol. The van der Waals surface area contributed by atoms with E-state index in [1.54, 1.807) is 24.4 Å². The van der Waals surface area contributed by atoms with E-state index < -0.39 is 27.6 Å². The Bertz CT molecular complexity index is 1140. The first-order valence-corrected chi connectivity index (χ1v) is 10.8. The summed E-state index contributed by atoms with van der Waals surface area (Å²) in [6, 6.07) is 8.07. The number of aromatic nitrogens is 1. The van der Waals surface area contributed by atoms with Crippen molar-refractivity contribution in [3.05, 3.63) is 65.1 Å². The summed E-state index contributed by atoms with van der Waals surface area (Å²) in [5, 5.41) is 0.720. The lowest BCUT2D eigenvalue weighted by Crippen LogP contribution is -2.10. The number of fused-ring (bicyclic) bond motifs is 1. The zero-order valence-corrected chi connectivity index (χ0v) is 16.6. The number of alkyl halides is 3. The second-order valence-electron chi connectivity index (χ2n) is 6.92. The molecule has 0 radical (unpaired) electrons. The van der Waals surface area contributed by atoms with Gasteiger partial charge in [0.05, 0.1) is 23.0 Å². The van der Waals surface area contributed by atoms with Crippen LogP contribution >= 0.6 is 0 Å². The predicted molar refractivity (Wildman–Crippen MR) is 105 cm³/mol. The smallest absolute Gasteiger partial charge is 0.359 e. The first kappa shape index (κ1) is 21.2. The normalized spacial score (nSPS) is 13.6. The Balaban J connectivity index is 2.10. The summed E-state index contributed by atoms with van der Waals surface area (Å²) < 4.78 is 78.5. The summed E-state index contributed by atoms with van der Waals surface area (Å²) in [4.78, 5) is 3.04. The number of rotatable bonds is 6. The fourth-order valence-electron chi connectivity index (χ4n) is 3.52. The second-order valence-corrected chi connectivity index (χ2v) is 8.67. The van der Waals surface area contributed by atoms with Crippen LogP contribution in [0.25, 0.3) is 10.9 Å². The summed E-state index contributed by atoms with van der Waals surface area (Å²) in [5.41, 5.74) is 0.819. The Hall–Kier alpha value is -2.55. The van der Waals surface area contributed by atoms with Crippen molar-refractivity contribution in [3.8, 4) is 0 Å². The molecule has 0 aliphatic rings. The van der Waals surface area contributed by atoms with Crippen molar-refractivity contribution in [2.75, 3.05) is 11.0 Å². The number of nitrogens with one attached hydrogen (secondary N) is 2. The first-order valence-electron chi connectivity index (χ1n) is 8.95. The number of benzene rings is 2. The van der Waals surface area contributed by atoms with Gasteiger partial charge in [-0.05, 0) is 35.7 Å². The fourth-order valence-corrected chi connectivity index (χ4v) is 4.09. The maximum absolute atomic E-state index is 14.1. The molecule has 156 valence electrons. The van der Waals surface area contributed by atoms with E-state index in [1.165, 1.54) is 6.07 Å². The molecule has 3 aromatic rings. The second kappa shape index (κ2) is 7.70. The van der Waals surface area contributed by atoms with Gasteiger partial charge in [-0.15, -0.1) is 0 Å². The molecule has 4 nitrogen and oxygen atoms in total. The average Bonchev–Trinajstić information content (AvgIpc) is 3.02. The molecule has 2 aromatic carbocycles. The van der Waals surface area contributed by atoms with E-state index in [-0.39, 0.29) is 5.92 Å². The van der Waals surface area contributed by atoms with Gasteiger partial charge in [-0.25, -0.2) is 12.8 Å². The lowest BCUT2D eigenvalue weighted by Gasteiger charge is -2.18. The van der Waals surface area contributed by atoms with Crippen molar-refractivity contribution in [1.82, 2.24) is 4.98 Å². The summed E-state index contributed by atoms with van der Waals surface area (Å²) in [6.07, 6.45) is -0.715. The van der Waals surface area contributed by atoms with E-state index in [9.17, 15) is 26.0 Å². The van der Waals surface area contributed by atoms with Crippen LogP contribution in [0.2, 0.25) is 0 Å². The highest BCUT2D eigenvalue weighted by Gasteiger charge is 2.34. The molecule has 0 amide bonds. The van der Waals surface area contributed by atoms with Gasteiger partial charge in [-0.3, -0.25) is 4.72 Å². The maximum atomic E-state index is 14.1. The van der Waals surface area contributed by atoms with Gasteiger partial charge in [-0.1, -0.05) is 31.5 Å². The predicted octanol–water partition coefficient (Wildman–Crippen LogP) is 5.63. The topological polar surface area (TPSA) is 62.0 Å². The van der Waals surface area contributed by atoms with Gasteiger partial charge >= 0.3 is 6.18 Å². The van der Waals surface area contributed by atoms with Crippen molar-refractivity contribution in [3.63, 3.8) is 0 Å². The fraction of sp³-hybridized carbons (Fsp3) is 0.300. The van der Waals surface area contributed by atoms with Crippen LogP contribution in [-0.4, -0.2) is 19.7 Å². The van der Waals surface area contributed by atoms with Gasteiger partial charge in [0.25, 0.3) is 0 Å². The molecule has 0 saturated carbocycles. The van der Waals surface area contributed by atoms with E-state index in [4.69, 9.17) is 0 Å². The minimum atomic E-state index is -4.75. The SMILES string of the molecule is CCCC(c1ccc(C(F)(F)F)c(F)c1)c1c[nH]c2c(NS(C)(=O)=O)cccc12. The van der Waals surface area contributed by atoms with E-state index in [0.29, 0.717) is 23.2 Å². The zero-order valence-electron chi connectivity index (χ0n) is 15.8. The van der Waals surface area contributed by atoms with Crippen molar-refractivity contribution in [2.45, 2.75) is 31.9 Å². The van der Waals surface area contributed by atoms with Gasteiger partial charge in [0.1, 0.15) is 5.82 Å². The van der Waals surface area contributed by atoms with Crippen LogP contribution < -0.4 is 4.72 Å². The highest BCUT2D eigenvalue weighted by Crippen LogP contribution is 2.38. The molecule has 9 heteroatoms.